The third-order valence-corrected chi connectivity index (χ3v) is 2.19. The molecule has 1 nitrogen and oxygen atoms in total. The average molecular weight is 173 g/mol. The van der Waals surface area contributed by atoms with Crippen LogP contribution < -0.4 is 5.32 Å². The van der Waals surface area contributed by atoms with Crippen molar-refractivity contribution in [2.24, 2.45) is 0 Å². The van der Waals surface area contributed by atoms with E-state index >= 15 is 0 Å². The monoisotopic (exact) mass is 173 g/mol. The van der Waals surface area contributed by atoms with Crippen LogP contribution >= 0.6 is 0 Å². The number of hydrogen-bond donors (Lipinski definition) is 1. The van der Waals surface area contributed by atoms with Crippen molar-refractivity contribution < 1.29 is 0 Å². The van der Waals surface area contributed by atoms with E-state index in [1.165, 1.54) is 5.57 Å². The Morgan fingerprint density at radius 2 is 2.69 bits per heavy atom. The molecule has 1 heterocycles. The minimum atomic E-state index is 0.396. The van der Waals surface area contributed by atoms with Crippen molar-refractivity contribution in [1.82, 2.24) is 5.32 Å². The molecule has 0 bridgehead atoms. The van der Waals surface area contributed by atoms with Crippen molar-refractivity contribution in [3.8, 4) is 0 Å². The average Bonchev–Trinajstić information content (AvgIpc) is 2.39. The van der Waals surface area contributed by atoms with Crippen LogP contribution in [0.25, 0.3) is 0 Å². The molecule has 1 aliphatic rings. The van der Waals surface area contributed by atoms with Gasteiger partial charge in [0, 0.05) is 0 Å². The van der Waals surface area contributed by atoms with Crippen molar-refractivity contribution in [3.05, 3.63) is 30.0 Å². The molecule has 0 amide bonds. The zero-order valence-electron chi connectivity index (χ0n) is 8.22. The maximum atomic E-state index is 3.71. The summed E-state index contributed by atoms with van der Waals surface area (Å²) in [4.78, 5) is 0. The van der Waals surface area contributed by atoms with Gasteiger partial charge in [0.15, 0.2) is 0 Å². The van der Waals surface area contributed by atoms with Gasteiger partial charge in [-0.2, -0.15) is 0 Å². The molecule has 2 heteroatoms. The summed E-state index contributed by atoms with van der Waals surface area (Å²) in [5.74, 6) is 2.13. The molecule has 1 rings (SSSR count). The standard InChI is InChI=1S/C11H16BN/c1-3-5-6-11-10(4-2)9-12-7-8-13-11/h3,5,9,11,13H,2,6-8H2,1H3/b5-3-. The summed E-state index contributed by atoms with van der Waals surface area (Å²) in [7, 11) is 0. The van der Waals surface area contributed by atoms with E-state index in [-0.39, 0.29) is 0 Å². The first-order chi connectivity index (χ1) is 6.38. The van der Waals surface area contributed by atoms with Gasteiger partial charge < -0.3 is 0 Å². The Kier molecular flexibility index (Phi) is 4.52. The molecule has 1 atom stereocenters. The summed E-state index contributed by atoms with van der Waals surface area (Å²) in [5, 5.41) is 3.46. The van der Waals surface area contributed by atoms with Crippen LogP contribution in [0.1, 0.15) is 13.3 Å². The minimum absolute atomic E-state index is 0.396. The van der Waals surface area contributed by atoms with Gasteiger partial charge in [0.05, 0.1) is 0 Å². The molecule has 13 heavy (non-hydrogen) atoms. The van der Waals surface area contributed by atoms with Crippen molar-refractivity contribution in [3.63, 3.8) is 0 Å². The van der Waals surface area contributed by atoms with Gasteiger partial charge in [-0.05, 0) is 0 Å². The van der Waals surface area contributed by atoms with Crippen LogP contribution in [-0.2, 0) is 0 Å². The fourth-order valence-corrected chi connectivity index (χ4v) is 1.44. The number of rotatable bonds is 2. The molecule has 1 unspecified atom stereocenters. The summed E-state index contributed by atoms with van der Waals surface area (Å²) in [5.41, 5.74) is 4.16. The number of allylic oxidation sites excluding steroid dienone is 1. The normalized spacial score (nSPS) is 22.5. The second-order valence-electron chi connectivity index (χ2n) is 3.13. The van der Waals surface area contributed by atoms with E-state index in [0.717, 1.165) is 19.3 Å². The van der Waals surface area contributed by atoms with Crippen LogP contribution in [0.4, 0.5) is 0 Å². The Morgan fingerprint density at radius 3 is 3.38 bits per heavy atom. The van der Waals surface area contributed by atoms with Crippen molar-refractivity contribution in [2.75, 3.05) is 6.54 Å². The van der Waals surface area contributed by atoms with Crippen molar-refractivity contribution >= 4 is 12.9 Å². The van der Waals surface area contributed by atoms with Gasteiger partial charge in [-0.1, -0.05) is 0 Å². The van der Waals surface area contributed by atoms with Crippen molar-refractivity contribution in [1.29, 1.82) is 0 Å². The Bertz CT molecular complexity index is 259. The third kappa shape index (κ3) is 3.18. The van der Waals surface area contributed by atoms with E-state index in [1.54, 1.807) is 0 Å². The fourth-order valence-electron chi connectivity index (χ4n) is 1.44. The Morgan fingerprint density at radius 1 is 1.85 bits per heavy atom. The first kappa shape index (κ1) is 10.2. The Hall–Kier alpha value is -0.845. The van der Waals surface area contributed by atoms with Crippen LogP contribution in [0.2, 0.25) is 6.32 Å². The van der Waals surface area contributed by atoms with Gasteiger partial charge in [-0.3, -0.25) is 0 Å². The van der Waals surface area contributed by atoms with Gasteiger partial charge in [0.2, 0.25) is 0 Å². The van der Waals surface area contributed by atoms with Crippen LogP contribution in [0.5, 0.6) is 0 Å². The van der Waals surface area contributed by atoms with E-state index in [0.29, 0.717) is 6.04 Å². The molecule has 0 aromatic rings. The second-order valence-corrected chi connectivity index (χ2v) is 3.13. The molecule has 68 valence electrons. The summed E-state index contributed by atoms with van der Waals surface area (Å²) in [6, 6.07) is 0.396. The summed E-state index contributed by atoms with van der Waals surface area (Å²) < 4.78 is 0. The zero-order chi connectivity index (χ0) is 9.52. The van der Waals surface area contributed by atoms with Gasteiger partial charge in [0.1, 0.15) is 0 Å². The molecule has 0 radical (unpaired) electrons. The molecule has 0 aliphatic carbocycles. The first-order valence-corrected chi connectivity index (χ1v) is 4.79. The van der Waals surface area contributed by atoms with E-state index in [2.05, 4.69) is 42.7 Å². The molecular weight excluding hydrogens is 157 g/mol. The first-order valence-electron chi connectivity index (χ1n) is 4.79. The third-order valence-electron chi connectivity index (χ3n) is 2.19. The van der Waals surface area contributed by atoms with Crippen LogP contribution in [0, 0.1) is 0 Å². The molecular formula is C11H16BN. The van der Waals surface area contributed by atoms with Gasteiger partial charge in [-0.25, -0.2) is 0 Å². The Labute approximate surface area is 81.1 Å². The zero-order valence-corrected chi connectivity index (χ0v) is 8.22. The Balaban J connectivity index is 2.68. The molecule has 0 spiro atoms. The SMILES string of the molecule is C=C=C1C=BCCNC1C/C=C\C. The van der Waals surface area contributed by atoms with E-state index in [1.807, 2.05) is 6.92 Å². The predicted molar refractivity (Wildman–Crippen MR) is 60.5 cm³/mol. The van der Waals surface area contributed by atoms with Crippen LogP contribution in [0.3, 0.4) is 0 Å². The molecule has 0 aromatic heterocycles. The molecule has 1 N–H and O–H groups in total. The van der Waals surface area contributed by atoms with Crippen LogP contribution in [-0.4, -0.2) is 25.5 Å². The van der Waals surface area contributed by atoms with Gasteiger partial charge in [0.25, 0.3) is 0 Å². The predicted octanol–water partition coefficient (Wildman–Crippen LogP) is 1.56. The summed E-state index contributed by atoms with van der Waals surface area (Å²) >= 11 is 0. The summed E-state index contributed by atoms with van der Waals surface area (Å²) in [6.07, 6.45) is 6.38. The van der Waals surface area contributed by atoms with E-state index in [4.69, 9.17) is 0 Å². The van der Waals surface area contributed by atoms with E-state index < -0.39 is 0 Å². The fraction of sp³-hybridized carbons (Fsp3) is 0.455. The quantitative estimate of drug-likeness (QED) is 0.379. The van der Waals surface area contributed by atoms with Gasteiger partial charge >= 0.3 is 80.5 Å². The molecule has 0 saturated heterocycles. The summed E-state index contributed by atoms with van der Waals surface area (Å²) in [6.45, 7) is 8.97. The number of nitrogens with one attached hydrogen (secondary N) is 1. The van der Waals surface area contributed by atoms with Crippen LogP contribution in [0.15, 0.2) is 30.0 Å². The molecule has 1 aliphatic heterocycles. The number of hydrogen-bond acceptors (Lipinski definition) is 1. The molecule has 0 aromatic carbocycles. The van der Waals surface area contributed by atoms with Crippen molar-refractivity contribution in [2.45, 2.75) is 25.7 Å². The topological polar surface area (TPSA) is 12.0 Å². The second kappa shape index (κ2) is 5.74. The maximum absolute atomic E-state index is 3.71. The van der Waals surface area contributed by atoms with Gasteiger partial charge in [-0.15, -0.1) is 0 Å². The molecule has 0 fully saturated rings. The van der Waals surface area contributed by atoms with E-state index in [9.17, 15) is 0 Å². The molecule has 0 saturated carbocycles.